The molecule has 0 heterocycles. The van der Waals surface area contributed by atoms with Crippen molar-refractivity contribution < 1.29 is 33.2 Å². The molecule has 0 bridgehead atoms. The molecule has 7 nitrogen and oxygen atoms in total. The van der Waals surface area contributed by atoms with E-state index in [0.717, 1.165) is 41.5 Å². The van der Waals surface area contributed by atoms with Gasteiger partial charge < -0.3 is 28.4 Å². The van der Waals surface area contributed by atoms with Crippen LogP contribution in [0.3, 0.4) is 0 Å². The van der Waals surface area contributed by atoms with E-state index < -0.39 is 0 Å². The maximum atomic E-state index is 13.7. The molecule has 35 heavy (non-hydrogen) atoms. The zero-order valence-electron chi connectivity index (χ0n) is 21.4. The van der Waals surface area contributed by atoms with Gasteiger partial charge in [-0.05, 0) is 50.0 Å². The molecule has 0 aliphatic heterocycles. The normalized spacial score (nSPS) is 16.5. The summed E-state index contributed by atoms with van der Waals surface area (Å²) in [6.45, 7) is 0. The topological polar surface area (TPSA) is 72.5 Å². The largest absolute Gasteiger partial charge is 0.496 e. The van der Waals surface area contributed by atoms with Crippen LogP contribution in [-0.2, 0) is 4.79 Å². The first kappa shape index (κ1) is 26.0. The van der Waals surface area contributed by atoms with Gasteiger partial charge in [0.2, 0.25) is 0 Å². The number of methoxy groups -OCH3 is 6. The molecule has 1 aliphatic carbocycles. The smallest absolute Gasteiger partial charge is 0.185 e. The lowest BCUT2D eigenvalue weighted by molar-refractivity contribution is -0.112. The van der Waals surface area contributed by atoms with Crippen molar-refractivity contribution in [2.45, 2.75) is 32.1 Å². The van der Waals surface area contributed by atoms with Gasteiger partial charge in [0.15, 0.2) is 28.8 Å². The van der Waals surface area contributed by atoms with Gasteiger partial charge in [0.1, 0.15) is 11.5 Å². The first-order valence-electron chi connectivity index (χ1n) is 11.5. The number of carbonyl (C=O) groups excluding carboxylic acids is 1. The molecule has 188 valence electrons. The molecule has 1 fully saturated rings. The van der Waals surface area contributed by atoms with Crippen molar-refractivity contribution in [3.8, 4) is 34.5 Å². The minimum atomic E-state index is 0.0124. The molecule has 0 spiro atoms. The van der Waals surface area contributed by atoms with Crippen LogP contribution in [0, 0.1) is 0 Å². The Morgan fingerprint density at radius 3 is 1.20 bits per heavy atom. The van der Waals surface area contributed by atoms with Crippen molar-refractivity contribution in [1.29, 1.82) is 0 Å². The molecule has 2 aromatic carbocycles. The van der Waals surface area contributed by atoms with Crippen molar-refractivity contribution in [3.05, 3.63) is 46.5 Å². The zero-order valence-corrected chi connectivity index (χ0v) is 21.4. The van der Waals surface area contributed by atoms with Gasteiger partial charge in [0, 0.05) is 34.4 Å². The van der Waals surface area contributed by atoms with Gasteiger partial charge in [-0.3, -0.25) is 4.79 Å². The highest BCUT2D eigenvalue weighted by molar-refractivity contribution is 6.13. The van der Waals surface area contributed by atoms with Crippen LogP contribution in [0.25, 0.3) is 12.2 Å². The summed E-state index contributed by atoms with van der Waals surface area (Å²) in [6, 6.07) is 7.20. The zero-order chi connectivity index (χ0) is 25.4. The Morgan fingerprint density at radius 1 is 0.514 bits per heavy atom. The van der Waals surface area contributed by atoms with Crippen LogP contribution in [0.15, 0.2) is 35.4 Å². The van der Waals surface area contributed by atoms with Crippen LogP contribution >= 0.6 is 0 Å². The fourth-order valence-corrected chi connectivity index (χ4v) is 4.22. The van der Waals surface area contributed by atoms with Gasteiger partial charge in [-0.15, -0.1) is 0 Å². The molecule has 1 aliphatic rings. The van der Waals surface area contributed by atoms with E-state index in [1.807, 2.05) is 24.3 Å². The maximum absolute atomic E-state index is 13.7. The number of hydrogen-bond donors (Lipinski definition) is 0. The predicted molar refractivity (Wildman–Crippen MR) is 136 cm³/mol. The number of ketones is 1. The summed E-state index contributed by atoms with van der Waals surface area (Å²) >= 11 is 0. The summed E-state index contributed by atoms with van der Waals surface area (Å²) in [5.74, 6) is 3.51. The molecule has 0 atom stereocenters. The molecule has 0 aromatic heterocycles. The first-order valence-corrected chi connectivity index (χ1v) is 11.5. The van der Waals surface area contributed by atoms with Crippen LogP contribution in [0.1, 0.15) is 43.2 Å². The Hall–Kier alpha value is -3.61. The van der Waals surface area contributed by atoms with Gasteiger partial charge in [-0.1, -0.05) is 6.42 Å². The number of allylic oxidation sites excluding steroid dienone is 2. The third-order valence-electron chi connectivity index (χ3n) is 6.11. The van der Waals surface area contributed by atoms with E-state index >= 15 is 0 Å². The van der Waals surface area contributed by atoms with E-state index in [-0.39, 0.29) is 5.78 Å². The number of rotatable bonds is 8. The van der Waals surface area contributed by atoms with Crippen molar-refractivity contribution in [3.63, 3.8) is 0 Å². The fourth-order valence-electron chi connectivity index (χ4n) is 4.22. The molecule has 0 radical (unpaired) electrons. The highest BCUT2D eigenvalue weighted by Crippen LogP contribution is 2.38. The number of benzene rings is 2. The monoisotopic (exact) mass is 482 g/mol. The molecule has 3 rings (SSSR count). The Balaban J connectivity index is 2.08. The van der Waals surface area contributed by atoms with E-state index in [9.17, 15) is 4.79 Å². The summed E-state index contributed by atoms with van der Waals surface area (Å²) in [5, 5.41) is 0. The molecule has 0 saturated heterocycles. The summed E-state index contributed by atoms with van der Waals surface area (Å²) in [7, 11) is 9.51. The van der Waals surface area contributed by atoms with Crippen LogP contribution in [0.2, 0.25) is 0 Å². The number of ether oxygens (including phenoxy) is 6. The molecule has 1 saturated carbocycles. The second-order valence-corrected chi connectivity index (χ2v) is 8.13. The summed E-state index contributed by atoms with van der Waals surface area (Å²) < 4.78 is 32.8. The third-order valence-corrected chi connectivity index (χ3v) is 6.11. The van der Waals surface area contributed by atoms with E-state index in [0.29, 0.717) is 47.3 Å². The highest BCUT2D eigenvalue weighted by Gasteiger charge is 2.21. The Kier molecular flexibility index (Phi) is 9.06. The van der Waals surface area contributed by atoms with Crippen molar-refractivity contribution in [2.24, 2.45) is 0 Å². The number of carbonyl (C=O) groups is 1. The van der Waals surface area contributed by atoms with Crippen molar-refractivity contribution in [1.82, 2.24) is 0 Å². The van der Waals surface area contributed by atoms with Crippen molar-refractivity contribution >= 4 is 17.9 Å². The summed E-state index contributed by atoms with van der Waals surface area (Å²) in [4.78, 5) is 13.7. The average Bonchev–Trinajstić information content (AvgIpc) is 2.89. The summed E-state index contributed by atoms with van der Waals surface area (Å²) in [6.07, 6.45) is 8.07. The van der Waals surface area contributed by atoms with Crippen LogP contribution in [-0.4, -0.2) is 48.4 Å². The summed E-state index contributed by atoms with van der Waals surface area (Å²) in [5.41, 5.74) is 2.97. The van der Waals surface area contributed by atoms with Gasteiger partial charge in [0.05, 0.1) is 42.7 Å². The van der Waals surface area contributed by atoms with Crippen LogP contribution < -0.4 is 28.4 Å². The SMILES string of the molecule is COc1cc(OC)c(OC)cc1C=C1CCCCCC(=Cc2cc(OC)c(OC)cc2OC)C1=O. The van der Waals surface area contributed by atoms with E-state index in [2.05, 4.69) is 0 Å². The molecular weight excluding hydrogens is 448 g/mol. The molecule has 0 amide bonds. The quantitative estimate of drug-likeness (QED) is 0.444. The van der Waals surface area contributed by atoms with Gasteiger partial charge in [0.25, 0.3) is 0 Å². The second kappa shape index (κ2) is 12.2. The second-order valence-electron chi connectivity index (χ2n) is 8.13. The molecule has 2 aromatic rings. The highest BCUT2D eigenvalue weighted by atomic mass is 16.5. The number of Topliss-reactive ketones (excluding diaryl/α,β-unsaturated/α-hetero) is 1. The van der Waals surface area contributed by atoms with Crippen molar-refractivity contribution in [2.75, 3.05) is 42.7 Å². The Labute approximate surface area is 207 Å². The lowest BCUT2D eigenvalue weighted by Gasteiger charge is -2.17. The van der Waals surface area contributed by atoms with Gasteiger partial charge in [-0.25, -0.2) is 0 Å². The van der Waals surface area contributed by atoms with Crippen LogP contribution in [0.4, 0.5) is 0 Å². The van der Waals surface area contributed by atoms with Crippen LogP contribution in [0.5, 0.6) is 34.5 Å². The Morgan fingerprint density at radius 2 is 0.857 bits per heavy atom. The first-order chi connectivity index (χ1) is 17.0. The van der Waals surface area contributed by atoms with E-state index in [1.54, 1.807) is 54.8 Å². The number of hydrogen-bond acceptors (Lipinski definition) is 7. The molecule has 0 N–H and O–H groups in total. The molecule has 7 heteroatoms. The minimum absolute atomic E-state index is 0.0124. The molecular formula is C28H34O7. The predicted octanol–water partition coefficient (Wildman–Crippen LogP) is 5.74. The fraction of sp³-hybridized carbons (Fsp3) is 0.393. The lowest BCUT2D eigenvalue weighted by atomic mass is 9.88. The van der Waals surface area contributed by atoms with E-state index in [1.165, 1.54) is 0 Å². The third kappa shape index (κ3) is 5.91. The minimum Gasteiger partial charge on any atom is -0.496 e. The average molecular weight is 483 g/mol. The van der Waals surface area contributed by atoms with Gasteiger partial charge in [-0.2, -0.15) is 0 Å². The lowest BCUT2D eigenvalue weighted by Crippen LogP contribution is -2.10. The standard InChI is InChI=1S/C28H34O7/c1-30-22-16-26(34-5)24(32-3)14-20(22)12-18-10-8-7-9-11-19(28(18)29)13-21-15-25(33-4)27(35-6)17-23(21)31-2/h12-17H,7-11H2,1-6H3. The van der Waals surface area contributed by atoms with Gasteiger partial charge >= 0.3 is 0 Å². The molecule has 0 unspecified atom stereocenters. The Bertz CT molecular complexity index is 1030. The van der Waals surface area contributed by atoms with E-state index in [4.69, 9.17) is 28.4 Å². The maximum Gasteiger partial charge on any atom is 0.185 e.